The maximum atomic E-state index is 5.72. The largest absolute Gasteiger partial charge is 0.327 e. The zero-order valence-corrected chi connectivity index (χ0v) is 9.17. The lowest BCUT2D eigenvalue weighted by molar-refractivity contribution is 0.219. The van der Waals surface area contributed by atoms with Crippen LogP contribution in [0.4, 0.5) is 0 Å². The fourth-order valence-electron chi connectivity index (χ4n) is 1.50. The van der Waals surface area contributed by atoms with Crippen molar-refractivity contribution in [2.24, 2.45) is 11.7 Å². The Morgan fingerprint density at radius 3 is 2.00 bits per heavy atom. The number of rotatable bonds is 5. The quantitative estimate of drug-likeness (QED) is 0.684. The lowest BCUT2D eigenvalue weighted by Gasteiger charge is -2.27. The van der Waals surface area contributed by atoms with E-state index in [1.807, 2.05) is 0 Å². The minimum atomic E-state index is 0.282. The Bertz CT molecular complexity index is 96.4. The molecule has 0 spiro atoms. The first-order valence-electron chi connectivity index (χ1n) is 4.89. The van der Waals surface area contributed by atoms with Crippen molar-refractivity contribution in [3.63, 3.8) is 0 Å². The van der Waals surface area contributed by atoms with Gasteiger partial charge in [0, 0.05) is 18.6 Å². The first-order valence-corrected chi connectivity index (χ1v) is 4.89. The highest BCUT2D eigenvalue weighted by Crippen LogP contribution is 2.09. The van der Waals surface area contributed by atoms with Crippen LogP contribution in [-0.4, -0.2) is 30.6 Å². The SMILES string of the molecule is CC(C)CC(C)N(C)C[C@@H](C)N. The van der Waals surface area contributed by atoms with Crippen molar-refractivity contribution >= 4 is 0 Å². The second kappa shape index (κ2) is 5.55. The molecule has 0 aromatic rings. The zero-order valence-electron chi connectivity index (χ0n) is 9.17. The Balaban J connectivity index is 3.68. The summed E-state index contributed by atoms with van der Waals surface area (Å²) in [7, 11) is 2.15. The summed E-state index contributed by atoms with van der Waals surface area (Å²) >= 11 is 0. The molecule has 2 N–H and O–H groups in total. The number of nitrogens with two attached hydrogens (primary N) is 1. The summed E-state index contributed by atoms with van der Waals surface area (Å²) < 4.78 is 0. The summed E-state index contributed by atoms with van der Waals surface area (Å²) in [5.41, 5.74) is 5.72. The highest BCUT2D eigenvalue weighted by atomic mass is 15.1. The van der Waals surface area contributed by atoms with Crippen LogP contribution >= 0.6 is 0 Å². The van der Waals surface area contributed by atoms with E-state index in [9.17, 15) is 0 Å². The molecule has 0 aliphatic rings. The van der Waals surface area contributed by atoms with Crippen LogP contribution in [0.25, 0.3) is 0 Å². The molecule has 0 bridgehead atoms. The van der Waals surface area contributed by atoms with Gasteiger partial charge in [-0.25, -0.2) is 0 Å². The van der Waals surface area contributed by atoms with Gasteiger partial charge in [-0.15, -0.1) is 0 Å². The molecule has 2 heteroatoms. The molecule has 0 fully saturated rings. The van der Waals surface area contributed by atoms with E-state index in [1.165, 1.54) is 6.42 Å². The molecule has 0 rings (SSSR count). The molecule has 0 aliphatic heterocycles. The molecule has 1 unspecified atom stereocenters. The topological polar surface area (TPSA) is 29.3 Å². The Labute approximate surface area is 77.1 Å². The van der Waals surface area contributed by atoms with E-state index in [1.54, 1.807) is 0 Å². The molecule has 0 aliphatic carbocycles. The van der Waals surface area contributed by atoms with Crippen LogP contribution in [-0.2, 0) is 0 Å². The van der Waals surface area contributed by atoms with Crippen LogP contribution in [0.1, 0.15) is 34.1 Å². The summed E-state index contributed by atoms with van der Waals surface area (Å²) in [5, 5.41) is 0. The van der Waals surface area contributed by atoms with Crippen LogP contribution in [0.3, 0.4) is 0 Å². The van der Waals surface area contributed by atoms with Crippen molar-refractivity contribution in [3.8, 4) is 0 Å². The Morgan fingerprint density at radius 1 is 1.17 bits per heavy atom. The average Bonchev–Trinajstić information content (AvgIpc) is 1.84. The van der Waals surface area contributed by atoms with Gasteiger partial charge in [-0.3, -0.25) is 0 Å². The van der Waals surface area contributed by atoms with Gasteiger partial charge in [0.05, 0.1) is 0 Å². The zero-order chi connectivity index (χ0) is 9.72. The molecular weight excluding hydrogens is 148 g/mol. The molecule has 0 amide bonds. The molecule has 0 heterocycles. The fourth-order valence-corrected chi connectivity index (χ4v) is 1.50. The van der Waals surface area contributed by atoms with Crippen molar-refractivity contribution in [1.29, 1.82) is 0 Å². The van der Waals surface area contributed by atoms with Gasteiger partial charge in [0.1, 0.15) is 0 Å². The van der Waals surface area contributed by atoms with Crippen LogP contribution < -0.4 is 5.73 Å². The fraction of sp³-hybridized carbons (Fsp3) is 1.00. The molecule has 0 saturated heterocycles. The third kappa shape index (κ3) is 5.56. The van der Waals surface area contributed by atoms with Crippen molar-refractivity contribution in [1.82, 2.24) is 4.90 Å². The van der Waals surface area contributed by atoms with Gasteiger partial charge in [0.25, 0.3) is 0 Å². The number of likely N-dealkylation sites (N-methyl/N-ethyl adjacent to an activating group) is 1. The lowest BCUT2D eigenvalue weighted by Crippen LogP contribution is -2.38. The monoisotopic (exact) mass is 172 g/mol. The third-order valence-corrected chi connectivity index (χ3v) is 2.14. The lowest BCUT2D eigenvalue weighted by atomic mass is 10.0. The maximum Gasteiger partial charge on any atom is 0.0139 e. The molecule has 12 heavy (non-hydrogen) atoms. The summed E-state index contributed by atoms with van der Waals surface area (Å²) in [4.78, 5) is 2.34. The van der Waals surface area contributed by atoms with Gasteiger partial charge in [0.15, 0.2) is 0 Å². The normalized spacial score (nSPS) is 17.0. The van der Waals surface area contributed by atoms with E-state index in [4.69, 9.17) is 5.73 Å². The first-order chi connectivity index (χ1) is 5.43. The van der Waals surface area contributed by atoms with Gasteiger partial charge in [-0.2, -0.15) is 0 Å². The Hall–Kier alpha value is -0.0800. The van der Waals surface area contributed by atoms with Gasteiger partial charge in [-0.1, -0.05) is 13.8 Å². The van der Waals surface area contributed by atoms with E-state index in [0.29, 0.717) is 6.04 Å². The molecule has 0 radical (unpaired) electrons. The summed E-state index contributed by atoms with van der Waals surface area (Å²) in [6.07, 6.45) is 1.25. The summed E-state index contributed by atoms with van der Waals surface area (Å²) in [6.45, 7) is 9.83. The first kappa shape index (κ1) is 11.9. The highest BCUT2D eigenvalue weighted by Gasteiger charge is 2.11. The van der Waals surface area contributed by atoms with Crippen molar-refractivity contribution < 1.29 is 0 Å². The van der Waals surface area contributed by atoms with Crippen LogP contribution in [0.2, 0.25) is 0 Å². The number of hydrogen-bond donors (Lipinski definition) is 1. The predicted octanol–water partition coefficient (Wildman–Crippen LogP) is 1.70. The molecule has 0 saturated carbocycles. The van der Waals surface area contributed by atoms with E-state index >= 15 is 0 Å². The minimum absolute atomic E-state index is 0.282. The maximum absolute atomic E-state index is 5.72. The minimum Gasteiger partial charge on any atom is -0.327 e. The predicted molar refractivity (Wildman–Crippen MR) is 55.2 cm³/mol. The molecule has 2 nitrogen and oxygen atoms in total. The van der Waals surface area contributed by atoms with E-state index in [2.05, 4.69) is 39.6 Å². The standard InChI is InChI=1S/C10H24N2/c1-8(2)6-10(4)12(5)7-9(3)11/h8-10H,6-7,11H2,1-5H3/t9-,10?/m1/s1. The second-order valence-electron chi connectivity index (χ2n) is 4.40. The van der Waals surface area contributed by atoms with Crippen LogP contribution in [0, 0.1) is 5.92 Å². The van der Waals surface area contributed by atoms with E-state index in [0.717, 1.165) is 12.5 Å². The van der Waals surface area contributed by atoms with Crippen molar-refractivity contribution in [2.75, 3.05) is 13.6 Å². The van der Waals surface area contributed by atoms with Gasteiger partial charge < -0.3 is 10.6 Å². The number of nitrogens with zero attached hydrogens (tertiary/aromatic N) is 1. The van der Waals surface area contributed by atoms with Crippen LogP contribution in [0.15, 0.2) is 0 Å². The Morgan fingerprint density at radius 2 is 1.67 bits per heavy atom. The molecule has 74 valence electrons. The average molecular weight is 172 g/mol. The smallest absolute Gasteiger partial charge is 0.0139 e. The molecule has 0 aromatic heterocycles. The van der Waals surface area contributed by atoms with Crippen molar-refractivity contribution in [2.45, 2.75) is 46.2 Å². The van der Waals surface area contributed by atoms with Gasteiger partial charge >= 0.3 is 0 Å². The highest BCUT2D eigenvalue weighted by molar-refractivity contribution is 4.68. The van der Waals surface area contributed by atoms with E-state index < -0.39 is 0 Å². The van der Waals surface area contributed by atoms with Gasteiger partial charge in [0.2, 0.25) is 0 Å². The second-order valence-corrected chi connectivity index (χ2v) is 4.40. The third-order valence-electron chi connectivity index (χ3n) is 2.14. The molecule has 0 aromatic carbocycles. The van der Waals surface area contributed by atoms with E-state index in [-0.39, 0.29) is 6.04 Å². The van der Waals surface area contributed by atoms with Gasteiger partial charge in [-0.05, 0) is 33.2 Å². The Kier molecular flexibility index (Phi) is 5.51. The molecular formula is C10H24N2. The summed E-state index contributed by atoms with van der Waals surface area (Å²) in [6, 6.07) is 0.931. The van der Waals surface area contributed by atoms with Crippen LogP contribution in [0.5, 0.6) is 0 Å². The summed E-state index contributed by atoms with van der Waals surface area (Å²) in [5.74, 6) is 0.774. The molecule has 2 atom stereocenters. The van der Waals surface area contributed by atoms with Crippen molar-refractivity contribution in [3.05, 3.63) is 0 Å². The number of hydrogen-bond acceptors (Lipinski definition) is 2.